The Balaban J connectivity index is 2.00. The Bertz CT molecular complexity index is 936. The molecule has 0 radical (unpaired) electrons. The van der Waals surface area contributed by atoms with Crippen LogP contribution < -0.4 is 10.9 Å². The van der Waals surface area contributed by atoms with E-state index in [1.807, 2.05) is 25.1 Å². The Kier molecular flexibility index (Phi) is 3.13. The first kappa shape index (κ1) is 14.5. The lowest BCUT2D eigenvalue weighted by molar-refractivity contribution is -0.115. The third-order valence-corrected chi connectivity index (χ3v) is 5.47. The Morgan fingerprint density at radius 1 is 1.30 bits per heavy atom. The van der Waals surface area contributed by atoms with E-state index in [1.165, 1.54) is 4.74 Å². The molecule has 0 amide bonds. The van der Waals surface area contributed by atoms with Crippen molar-refractivity contribution in [2.45, 2.75) is 25.7 Å². The van der Waals surface area contributed by atoms with Crippen molar-refractivity contribution in [3.8, 4) is 0 Å². The SMILES string of the molecule is Cc1ccc(C2C3=C(CCC3=O)Nc3c2c(=O)on3C)cc1Br. The summed E-state index contributed by atoms with van der Waals surface area (Å²) in [6, 6.07) is 5.95. The van der Waals surface area contributed by atoms with E-state index in [-0.39, 0.29) is 11.7 Å². The molecule has 6 heteroatoms. The Labute approximate surface area is 141 Å². The molecule has 23 heavy (non-hydrogen) atoms. The number of ketones is 1. The maximum absolute atomic E-state index is 12.4. The molecule has 0 saturated carbocycles. The maximum Gasteiger partial charge on any atom is 0.363 e. The standard InChI is InChI=1S/C17H15BrN2O3/c1-8-3-4-9(7-10(8)18)13-14-11(5-6-12(14)21)19-16-15(13)17(22)23-20(16)2/h3-4,7,13,19H,5-6H2,1-2H3. The van der Waals surface area contributed by atoms with Gasteiger partial charge in [-0.1, -0.05) is 28.1 Å². The first-order valence-corrected chi connectivity index (χ1v) is 8.26. The third-order valence-electron chi connectivity index (χ3n) is 4.61. The molecule has 1 aliphatic heterocycles. The Morgan fingerprint density at radius 2 is 2.09 bits per heavy atom. The van der Waals surface area contributed by atoms with Gasteiger partial charge in [-0.3, -0.25) is 4.79 Å². The Morgan fingerprint density at radius 3 is 2.83 bits per heavy atom. The van der Waals surface area contributed by atoms with Crippen molar-refractivity contribution < 1.29 is 9.32 Å². The van der Waals surface area contributed by atoms with E-state index in [9.17, 15) is 9.59 Å². The average molecular weight is 375 g/mol. The van der Waals surface area contributed by atoms with Crippen molar-refractivity contribution in [1.29, 1.82) is 0 Å². The van der Waals surface area contributed by atoms with Gasteiger partial charge in [0.1, 0.15) is 0 Å². The highest BCUT2D eigenvalue weighted by molar-refractivity contribution is 9.10. The zero-order chi connectivity index (χ0) is 16.3. The number of aromatic nitrogens is 1. The van der Waals surface area contributed by atoms with Crippen molar-refractivity contribution in [3.63, 3.8) is 0 Å². The van der Waals surface area contributed by atoms with Gasteiger partial charge in [0, 0.05) is 29.2 Å². The number of nitrogens with one attached hydrogen (secondary N) is 1. The molecule has 1 aromatic carbocycles. The molecule has 1 N–H and O–H groups in total. The summed E-state index contributed by atoms with van der Waals surface area (Å²) >= 11 is 3.54. The number of allylic oxidation sites excluding steroid dienone is 2. The second-order valence-corrected chi connectivity index (χ2v) is 6.87. The van der Waals surface area contributed by atoms with Gasteiger partial charge in [0.2, 0.25) is 0 Å². The highest BCUT2D eigenvalue weighted by atomic mass is 79.9. The van der Waals surface area contributed by atoms with Gasteiger partial charge in [-0.2, -0.15) is 4.74 Å². The largest absolute Gasteiger partial charge is 0.363 e. The smallest absolute Gasteiger partial charge is 0.342 e. The van der Waals surface area contributed by atoms with Gasteiger partial charge in [-0.25, -0.2) is 4.79 Å². The first-order chi connectivity index (χ1) is 11.0. The lowest BCUT2D eigenvalue weighted by Crippen LogP contribution is -2.23. The number of nitrogens with zero attached hydrogens (tertiary/aromatic N) is 1. The van der Waals surface area contributed by atoms with Crippen molar-refractivity contribution in [2.24, 2.45) is 7.05 Å². The lowest BCUT2D eigenvalue weighted by Gasteiger charge is -2.25. The second-order valence-electron chi connectivity index (χ2n) is 6.02. The fourth-order valence-corrected chi connectivity index (χ4v) is 3.83. The third kappa shape index (κ3) is 2.05. The Hall–Kier alpha value is -2.08. The van der Waals surface area contributed by atoms with Gasteiger partial charge in [0.15, 0.2) is 11.6 Å². The highest BCUT2D eigenvalue weighted by Crippen LogP contribution is 2.45. The van der Waals surface area contributed by atoms with Crippen molar-refractivity contribution in [3.05, 3.63) is 61.1 Å². The van der Waals surface area contributed by atoms with Crippen LogP contribution in [0.25, 0.3) is 0 Å². The first-order valence-electron chi connectivity index (χ1n) is 7.47. The normalized spacial score (nSPS) is 19.6. The van der Waals surface area contributed by atoms with Crippen LogP contribution >= 0.6 is 15.9 Å². The molecule has 1 aliphatic carbocycles. The fourth-order valence-electron chi connectivity index (χ4n) is 3.44. The quantitative estimate of drug-likeness (QED) is 0.832. The number of carbonyl (C=O) groups excluding carboxylic acids is 1. The second kappa shape index (κ2) is 4.96. The van der Waals surface area contributed by atoms with E-state index >= 15 is 0 Å². The van der Waals surface area contributed by atoms with Gasteiger partial charge in [-0.15, -0.1) is 0 Å². The minimum absolute atomic E-state index is 0.100. The number of hydrogen-bond acceptors (Lipinski definition) is 4. The lowest BCUT2D eigenvalue weighted by atomic mass is 9.82. The number of hydrogen-bond donors (Lipinski definition) is 1. The summed E-state index contributed by atoms with van der Waals surface area (Å²) in [6.07, 6.45) is 1.16. The molecule has 0 saturated heterocycles. The summed E-state index contributed by atoms with van der Waals surface area (Å²) in [5, 5.41) is 3.22. The molecule has 1 aromatic heterocycles. The molecular formula is C17H15BrN2O3. The molecule has 0 fully saturated rings. The number of halogens is 1. The fraction of sp³-hybridized carbons (Fsp3) is 0.294. The van der Waals surface area contributed by atoms with Crippen molar-refractivity contribution >= 4 is 27.5 Å². The van der Waals surface area contributed by atoms with Gasteiger partial charge in [0.25, 0.3) is 0 Å². The van der Waals surface area contributed by atoms with Crippen LogP contribution in [0.15, 0.2) is 43.3 Å². The van der Waals surface area contributed by atoms with Crippen LogP contribution in [-0.2, 0) is 11.8 Å². The van der Waals surface area contributed by atoms with E-state index in [0.717, 1.165) is 21.3 Å². The molecule has 2 aliphatic rings. The number of fused-ring (bicyclic) bond motifs is 1. The predicted octanol–water partition coefficient (Wildman–Crippen LogP) is 3.22. The topological polar surface area (TPSA) is 64.2 Å². The van der Waals surface area contributed by atoms with Gasteiger partial charge in [-0.05, 0) is 30.5 Å². The number of rotatable bonds is 1. The monoisotopic (exact) mass is 374 g/mol. The number of benzene rings is 1. The number of anilines is 1. The van der Waals surface area contributed by atoms with Gasteiger partial charge in [0.05, 0.1) is 11.5 Å². The number of aryl methyl sites for hydroxylation is 2. The zero-order valence-electron chi connectivity index (χ0n) is 12.8. The zero-order valence-corrected chi connectivity index (χ0v) is 14.4. The minimum atomic E-state index is -0.400. The minimum Gasteiger partial charge on any atom is -0.342 e. The van der Waals surface area contributed by atoms with Crippen LogP contribution in [0.5, 0.6) is 0 Å². The van der Waals surface area contributed by atoms with Crippen molar-refractivity contribution in [1.82, 2.24) is 4.74 Å². The van der Waals surface area contributed by atoms with E-state index in [1.54, 1.807) is 7.05 Å². The van der Waals surface area contributed by atoms with Crippen molar-refractivity contribution in [2.75, 3.05) is 5.32 Å². The van der Waals surface area contributed by atoms with Crippen LogP contribution in [0.1, 0.15) is 35.4 Å². The molecule has 1 atom stereocenters. The molecule has 118 valence electrons. The molecule has 2 aromatic rings. The van der Waals surface area contributed by atoms with Crippen LogP contribution in [0, 0.1) is 6.92 Å². The molecule has 1 unspecified atom stereocenters. The summed E-state index contributed by atoms with van der Waals surface area (Å²) in [5.74, 6) is 0.374. The molecule has 5 nitrogen and oxygen atoms in total. The summed E-state index contributed by atoms with van der Waals surface area (Å²) < 4.78 is 7.63. The van der Waals surface area contributed by atoms with E-state index in [4.69, 9.17) is 4.52 Å². The van der Waals surface area contributed by atoms with Crippen LogP contribution in [0.2, 0.25) is 0 Å². The molecule has 2 heterocycles. The van der Waals surface area contributed by atoms with E-state index in [2.05, 4.69) is 21.2 Å². The summed E-state index contributed by atoms with van der Waals surface area (Å²) in [6.45, 7) is 2.00. The number of carbonyl (C=O) groups is 1. The summed E-state index contributed by atoms with van der Waals surface area (Å²) in [7, 11) is 1.69. The van der Waals surface area contributed by atoms with E-state index < -0.39 is 5.63 Å². The predicted molar refractivity (Wildman–Crippen MR) is 89.6 cm³/mol. The molecular weight excluding hydrogens is 360 g/mol. The van der Waals surface area contributed by atoms with E-state index in [0.29, 0.717) is 29.8 Å². The molecule has 4 rings (SSSR count). The molecule has 0 bridgehead atoms. The maximum atomic E-state index is 12.4. The number of Topliss-reactive ketones (excluding diaryl/α,β-unsaturated/α-hetero) is 1. The van der Waals surface area contributed by atoms with Gasteiger partial charge >= 0.3 is 5.63 Å². The van der Waals surface area contributed by atoms with Crippen LogP contribution in [0.4, 0.5) is 5.82 Å². The summed E-state index contributed by atoms with van der Waals surface area (Å²) in [4.78, 5) is 24.8. The van der Waals surface area contributed by atoms with Crippen LogP contribution in [0.3, 0.4) is 0 Å². The van der Waals surface area contributed by atoms with Gasteiger partial charge < -0.3 is 9.84 Å². The summed E-state index contributed by atoms with van der Waals surface area (Å²) in [5.41, 5.74) is 3.74. The molecule has 0 spiro atoms. The van der Waals surface area contributed by atoms with Crippen LogP contribution in [-0.4, -0.2) is 10.5 Å². The highest BCUT2D eigenvalue weighted by Gasteiger charge is 2.40. The average Bonchev–Trinajstić information content (AvgIpc) is 3.02.